The third-order valence-electron chi connectivity index (χ3n) is 2.45. The van der Waals surface area contributed by atoms with Gasteiger partial charge >= 0.3 is 0 Å². The van der Waals surface area contributed by atoms with Gasteiger partial charge in [-0.1, -0.05) is 33.9 Å². The van der Waals surface area contributed by atoms with E-state index in [-0.39, 0.29) is 5.04 Å². The minimum atomic E-state index is -3.82. The van der Waals surface area contributed by atoms with E-state index in [2.05, 4.69) is 0 Å². The summed E-state index contributed by atoms with van der Waals surface area (Å²) >= 11 is 0. The standard InChI is InChI=1S/C6H16O3SSi/c1-6(2,3)11(4,5)10(7,8)9/h1-5H3,(H,7,8,9). The summed E-state index contributed by atoms with van der Waals surface area (Å²) in [6.45, 7) is 8.83. The molecule has 68 valence electrons. The van der Waals surface area contributed by atoms with Crippen LogP contribution in [0.5, 0.6) is 0 Å². The van der Waals surface area contributed by atoms with E-state index in [9.17, 15) is 8.42 Å². The van der Waals surface area contributed by atoms with E-state index in [0.29, 0.717) is 0 Å². The normalized spacial score (nSPS) is 15.1. The highest BCUT2D eigenvalue weighted by atomic mass is 32.4. The van der Waals surface area contributed by atoms with Crippen molar-refractivity contribution in [1.29, 1.82) is 0 Å². The molecule has 0 heterocycles. The second-order valence-corrected chi connectivity index (χ2v) is 14.3. The molecule has 5 heteroatoms. The lowest BCUT2D eigenvalue weighted by Gasteiger charge is -2.32. The topological polar surface area (TPSA) is 54.4 Å². The van der Waals surface area contributed by atoms with Gasteiger partial charge in [0.2, 0.25) is 16.8 Å². The van der Waals surface area contributed by atoms with Gasteiger partial charge in [0.1, 0.15) is 0 Å². The number of rotatable bonds is 1. The molecule has 0 aromatic carbocycles. The predicted molar refractivity (Wildman–Crippen MR) is 48.7 cm³/mol. The summed E-state index contributed by atoms with van der Waals surface area (Å²) in [5.41, 5.74) is 0. The molecule has 0 radical (unpaired) electrons. The zero-order valence-electron chi connectivity index (χ0n) is 7.67. The molecule has 0 aromatic heterocycles. The molecule has 0 aromatic rings. The van der Waals surface area contributed by atoms with Crippen LogP contribution in [0.1, 0.15) is 20.8 Å². The Hall–Kier alpha value is 0.127. The molecule has 0 saturated carbocycles. The average molecular weight is 196 g/mol. The molecule has 0 aliphatic carbocycles. The Bertz CT molecular complexity index is 235. The third-order valence-corrected chi connectivity index (χ3v) is 13.1. The molecule has 0 amide bonds. The first-order chi connectivity index (χ1) is 4.50. The van der Waals surface area contributed by atoms with E-state index in [1.54, 1.807) is 13.1 Å². The van der Waals surface area contributed by atoms with Gasteiger partial charge in [-0.05, 0) is 5.04 Å². The van der Waals surface area contributed by atoms with Gasteiger partial charge in [0, 0.05) is 0 Å². The van der Waals surface area contributed by atoms with Crippen molar-refractivity contribution >= 4 is 16.8 Å². The van der Waals surface area contributed by atoms with Crippen LogP contribution >= 0.6 is 0 Å². The largest absolute Gasteiger partial charge is 0.291 e. The van der Waals surface area contributed by atoms with Crippen LogP contribution in [-0.4, -0.2) is 20.2 Å². The van der Waals surface area contributed by atoms with E-state index in [1.807, 2.05) is 20.8 Å². The summed E-state index contributed by atoms with van der Waals surface area (Å²) < 4.78 is 30.7. The second kappa shape index (κ2) is 2.57. The van der Waals surface area contributed by atoms with Crippen molar-refractivity contribution in [2.75, 3.05) is 0 Å². The third kappa shape index (κ3) is 2.04. The molecule has 0 spiro atoms. The van der Waals surface area contributed by atoms with Crippen LogP contribution in [0.15, 0.2) is 0 Å². The zero-order valence-corrected chi connectivity index (χ0v) is 9.49. The maximum Gasteiger partial charge on any atom is 0.228 e. The first-order valence-corrected chi connectivity index (χ1v) is 8.63. The summed E-state index contributed by atoms with van der Waals surface area (Å²) in [4.78, 5) is 0. The maximum atomic E-state index is 10.9. The van der Waals surface area contributed by atoms with Crippen LogP contribution in [0.2, 0.25) is 18.1 Å². The smallest absolute Gasteiger partial charge is 0.228 e. The Kier molecular flexibility index (Phi) is 2.60. The summed E-state index contributed by atoms with van der Waals surface area (Å²) in [7, 11) is -6.40. The summed E-state index contributed by atoms with van der Waals surface area (Å²) in [6, 6.07) is 0. The van der Waals surface area contributed by atoms with Crippen molar-refractivity contribution in [3.8, 4) is 0 Å². The van der Waals surface area contributed by atoms with Gasteiger partial charge in [0.25, 0.3) is 0 Å². The zero-order chi connectivity index (χ0) is 9.50. The first kappa shape index (κ1) is 11.1. The van der Waals surface area contributed by atoms with E-state index >= 15 is 0 Å². The van der Waals surface area contributed by atoms with Gasteiger partial charge in [0.15, 0.2) is 0 Å². The first-order valence-electron chi connectivity index (χ1n) is 3.47. The monoisotopic (exact) mass is 196 g/mol. The summed E-state index contributed by atoms with van der Waals surface area (Å²) in [5.74, 6) is 0. The minimum absolute atomic E-state index is 0.319. The SMILES string of the molecule is CC(C)(C)[Si](C)(C)S(=O)(=O)O. The van der Waals surface area contributed by atoms with Crippen molar-refractivity contribution in [3.05, 3.63) is 0 Å². The minimum Gasteiger partial charge on any atom is -0.291 e. The summed E-state index contributed by atoms with van der Waals surface area (Å²) in [6.07, 6.45) is 0. The number of hydrogen-bond acceptors (Lipinski definition) is 2. The van der Waals surface area contributed by atoms with Crippen molar-refractivity contribution in [2.24, 2.45) is 0 Å². The fourth-order valence-corrected chi connectivity index (χ4v) is 3.48. The molecule has 0 aliphatic heterocycles. The van der Waals surface area contributed by atoms with Crippen molar-refractivity contribution in [2.45, 2.75) is 38.9 Å². The molecule has 0 atom stereocenters. The van der Waals surface area contributed by atoms with Crippen LogP contribution in [0, 0.1) is 0 Å². The fourth-order valence-electron chi connectivity index (χ4n) is 0.387. The van der Waals surface area contributed by atoms with E-state index in [1.165, 1.54) is 0 Å². The van der Waals surface area contributed by atoms with E-state index < -0.39 is 16.8 Å². The molecule has 0 rings (SSSR count). The Labute approximate surface area is 69.2 Å². The second-order valence-electron chi connectivity index (χ2n) is 4.24. The van der Waals surface area contributed by atoms with Crippen LogP contribution in [0.25, 0.3) is 0 Å². The quantitative estimate of drug-likeness (QED) is 0.514. The Morgan fingerprint density at radius 3 is 1.45 bits per heavy atom. The van der Waals surface area contributed by atoms with Crippen molar-refractivity contribution in [1.82, 2.24) is 0 Å². The molecule has 0 saturated heterocycles. The Balaban J connectivity index is 5.08. The van der Waals surface area contributed by atoms with Gasteiger partial charge in [-0.25, -0.2) is 8.42 Å². The highest BCUT2D eigenvalue weighted by molar-refractivity contribution is 8.18. The summed E-state index contributed by atoms with van der Waals surface area (Å²) in [5, 5.41) is -0.319. The predicted octanol–water partition coefficient (Wildman–Crippen LogP) is 1.88. The molecule has 0 bridgehead atoms. The molecule has 0 aliphatic rings. The van der Waals surface area contributed by atoms with E-state index in [4.69, 9.17) is 4.55 Å². The van der Waals surface area contributed by atoms with Gasteiger partial charge in [-0.15, -0.1) is 0 Å². The molecule has 0 fully saturated rings. The van der Waals surface area contributed by atoms with Crippen LogP contribution in [0.4, 0.5) is 0 Å². The lowest BCUT2D eigenvalue weighted by Crippen LogP contribution is -2.45. The molecular weight excluding hydrogens is 180 g/mol. The maximum absolute atomic E-state index is 10.9. The average Bonchev–Trinajstić information content (AvgIpc) is 1.58. The molecule has 3 nitrogen and oxygen atoms in total. The van der Waals surface area contributed by atoms with Crippen LogP contribution in [-0.2, 0) is 9.57 Å². The highest BCUT2D eigenvalue weighted by Crippen LogP contribution is 2.38. The Morgan fingerprint density at radius 1 is 1.18 bits per heavy atom. The van der Waals surface area contributed by atoms with Crippen LogP contribution in [0.3, 0.4) is 0 Å². The number of hydrogen-bond donors (Lipinski definition) is 1. The Morgan fingerprint density at radius 2 is 1.45 bits per heavy atom. The molecule has 1 N–H and O–H groups in total. The lowest BCUT2D eigenvalue weighted by atomic mass is 10.2. The van der Waals surface area contributed by atoms with Gasteiger partial charge in [-0.2, -0.15) is 0 Å². The van der Waals surface area contributed by atoms with Crippen LogP contribution < -0.4 is 0 Å². The van der Waals surface area contributed by atoms with Crippen molar-refractivity contribution < 1.29 is 13.0 Å². The van der Waals surface area contributed by atoms with E-state index in [0.717, 1.165) is 0 Å². The molecule has 11 heavy (non-hydrogen) atoms. The van der Waals surface area contributed by atoms with Gasteiger partial charge < -0.3 is 0 Å². The van der Waals surface area contributed by atoms with Gasteiger partial charge in [-0.3, -0.25) is 4.55 Å². The molecular formula is C6H16O3SSi. The van der Waals surface area contributed by atoms with Crippen molar-refractivity contribution in [3.63, 3.8) is 0 Å². The fraction of sp³-hybridized carbons (Fsp3) is 1.00. The van der Waals surface area contributed by atoms with Gasteiger partial charge in [0.05, 0.1) is 0 Å². The lowest BCUT2D eigenvalue weighted by molar-refractivity contribution is 0.495. The molecule has 0 unspecified atom stereocenters. The highest BCUT2D eigenvalue weighted by Gasteiger charge is 2.47.